The molecule has 7 nitrogen and oxygen atoms in total. The predicted octanol–water partition coefficient (Wildman–Crippen LogP) is 5.50. The first-order chi connectivity index (χ1) is 16.5. The number of nitrogens with one attached hydrogen (secondary N) is 2. The van der Waals surface area contributed by atoms with Gasteiger partial charge in [0, 0.05) is 6.54 Å². The standard InChI is InChI=1S/C26H23N3O4S/c1-17-24(34-16-28-17)20-9-7-18(8-10-20)14-27-25(31)22-13-21(30)11-12-23(22)29-26(32)33-15-19-5-3-2-4-6-19/h2-13,16,30H,14-15H2,1H3,(H,27,31)(H,29,32). The minimum atomic E-state index is -0.697. The Kier molecular flexibility index (Phi) is 7.19. The number of aromatic nitrogens is 1. The SMILES string of the molecule is Cc1ncsc1-c1ccc(CNC(=O)c2cc(O)ccc2NC(=O)OCc2ccccc2)cc1. The zero-order valence-corrected chi connectivity index (χ0v) is 19.3. The number of hydrogen-bond acceptors (Lipinski definition) is 6. The summed E-state index contributed by atoms with van der Waals surface area (Å²) in [6.07, 6.45) is -0.697. The first-order valence-electron chi connectivity index (χ1n) is 10.6. The number of ether oxygens (including phenoxy) is 1. The van der Waals surface area contributed by atoms with E-state index in [-0.39, 0.29) is 30.2 Å². The number of carbonyl (C=O) groups excluding carboxylic acids is 2. The number of aromatic hydroxyl groups is 1. The normalized spacial score (nSPS) is 10.5. The van der Waals surface area contributed by atoms with Gasteiger partial charge in [-0.05, 0) is 41.8 Å². The third-order valence-electron chi connectivity index (χ3n) is 5.11. The van der Waals surface area contributed by atoms with Crippen LogP contribution in [0.2, 0.25) is 0 Å². The maximum absolute atomic E-state index is 12.8. The lowest BCUT2D eigenvalue weighted by atomic mass is 10.1. The average molecular weight is 474 g/mol. The van der Waals surface area contributed by atoms with Crippen molar-refractivity contribution in [1.82, 2.24) is 10.3 Å². The molecular formula is C26H23N3O4S. The van der Waals surface area contributed by atoms with Gasteiger partial charge in [0.2, 0.25) is 0 Å². The Morgan fingerprint density at radius 1 is 1.00 bits per heavy atom. The van der Waals surface area contributed by atoms with Crippen LogP contribution in [0.5, 0.6) is 5.75 Å². The number of aryl methyl sites for hydroxylation is 1. The van der Waals surface area contributed by atoms with Crippen LogP contribution in [0.1, 0.15) is 27.2 Å². The van der Waals surface area contributed by atoms with Gasteiger partial charge in [-0.15, -0.1) is 11.3 Å². The van der Waals surface area contributed by atoms with Gasteiger partial charge in [0.1, 0.15) is 12.4 Å². The van der Waals surface area contributed by atoms with Crippen LogP contribution in [-0.4, -0.2) is 22.1 Å². The molecule has 3 N–H and O–H groups in total. The molecule has 2 amide bonds. The van der Waals surface area contributed by atoms with Crippen molar-refractivity contribution in [3.8, 4) is 16.2 Å². The van der Waals surface area contributed by atoms with Gasteiger partial charge in [0.15, 0.2) is 0 Å². The summed E-state index contributed by atoms with van der Waals surface area (Å²) in [6, 6.07) is 21.3. The van der Waals surface area contributed by atoms with Gasteiger partial charge >= 0.3 is 6.09 Å². The number of hydrogen-bond donors (Lipinski definition) is 3. The van der Waals surface area contributed by atoms with Gasteiger partial charge in [-0.1, -0.05) is 54.6 Å². The zero-order valence-electron chi connectivity index (χ0n) is 18.4. The van der Waals surface area contributed by atoms with Gasteiger partial charge in [-0.3, -0.25) is 10.1 Å². The fourth-order valence-corrected chi connectivity index (χ4v) is 4.14. The summed E-state index contributed by atoms with van der Waals surface area (Å²) in [5, 5.41) is 15.3. The van der Waals surface area contributed by atoms with E-state index in [0.717, 1.165) is 27.3 Å². The molecule has 0 atom stereocenters. The van der Waals surface area contributed by atoms with E-state index in [1.54, 1.807) is 11.3 Å². The van der Waals surface area contributed by atoms with Crippen LogP contribution in [0, 0.1) is 6.92 Å². The van der Waals surface area contributed by atoms with Gasteiger partial charge in [-0.25, -0.2) is 9.78 Å². The maximum Gasteiger partial charge on any atom is 0.411 e. The van der Waals surface area contributed by atoms with Crippen LogP contribution in [-0.2, 0) is 17.9 Å². The molecule has 4 rings (SSSR count). The zero-order chi connectivity index (χ0) is 23.9. The summed E-state index contributed by atoms with van der Waals surface area (Å²) < 4.78 is 5.23. The number of benzene rings is 3. The molecule has 0 aliphatic heterocycles. The van der Waals surface area contributed by atoms with Crippen molar-refractivity contribution < 1.29 is 19.4 Å². The number of amides is 2. The highest BCUT2D eigenvalue weighted by Gasteiger charge is 2.15. The highest BCUT2D eigenvalue weighted by Crippen LogP contribution is 2.27. The lowest BCUT2D eigenvalue weighted by Gasteiger charge is -2.13. The second kappa shape index (κ2) is 10.6. The van der Waals surface area contributed by atoms with Crippen LogP contribution < -0.4 is 10.6 Å². The second-order valence-electron chi connectivity index (χ2n) is 7.56. The van der Waals surface area contributed by atoms with Crippen LogP contribution in [0.15, 0.2) is 78.3 Å². The lowest BCUT2D eigenvalue weighted by Crippen LogP contribution is -2.25. The number of phenols is 1. The van der Waals surface area contributed by atoms with E-state index in [1.807, 2.05) is 67.0 Å². The first kappa shape index (κ1) is 23.0. The third kappa shape index (κ3) is 5.79. The minimum Gasteiger partial charge on any atom is -0.508 e. The van der Waals surface area contributed by atoms with E-state index in [2.05, 4.69) is 15.6 Å². The molecule has 172 valence electrons. The molecule has 0 saturated heterocycles. The lowest BCUT2D eigenvalue weighted by molar-refractivity contribution is 0.0951. The van der Waals surface area contributed by atoms with Crippen LogP contribution in [0.25, 0.3) is 10.4 Å². The largest absolute Gasteiger partial charge is 0.508 e. The molecule has 1 aromatic heterocycles. The summed E-state index contributed by atoms with van der Waals surface area (Å²) in [5.74, 6) is -0.519. The van der Waals surface area contributed by atoms with Crippen LogP contribution in [0.4, 0.5) is 10.5 Å². The second-order valence-corrected chi connectivity index (χ2v) is 8.42. The molecule has 0 radical (unpaired) electrons. The quantitative estimate of drug-likeness (QED) is 0.308. The number of rotatable bonds is 7. The van der Waals surface area contributed by atoms with E-state index in [9.17, 15) is 14.7 Å². The van der Waals surface area contributed by atoms with Gasteiger partial charge < -0.3 is 15.2 Å². The molecule has 0 bridgehead atoms. The summed E-state index contributed by atoms with van der Waals surface area (Å²) in [6.45, 7) is 2.36. The Morgan fingerprint density at radius 2 is 1.76 bits per heavy atom. The molecule has 0 aliphatic carbocycles. The van der Waals surface area contributed by atoms with E-state index in [0.29, 0.717) is 0 Å². The monoisotopic (exact) mass is 473 g/mol. The number of anilines is 1. The van der Waals surface area contributed by atoms with Gasteiger partial charge in [0.05, 0.1) is 27.3 Å². The van der Waals surface area contributed by atoms with Gasteiger partial charge in [0.25, 0.3) is 5.91 Å². The van der Waals surface area contributed by atoms with E-state index < -0.39 is 12.0 Å². The Bertz CT molecular complexity index is 1290. The fourth-order valence-electron chi connectivity index (χ4n) is 3.33. The Balaban J connectivity index is 1.38. The molecule has 0 spiro atoms. The molecule has 0 aliphatic rings. The van der Waals surface area contributed by atoms with Crippen LogP contribution >= 0.6 is 11.3 Å². The molecule has 0 fully saturated rings. The number of thiazole rings is 1. The number of carbonyl (C=O) groups is 2. The smallest absolute Gasteiger partial charge is 0.411 e. The molecule has 0 unspecified atom stereocenters. The van der Waals surface area contributed by atoms with Crippen molar-refractivity contribution in [2.75, 3.05) is 5.32 Å². The summed E-state index contributed by atoms with van der Waals surface area (Å²) in [4.78, 5) is 30.5. The minimum absolute atomic E-state index is 0.0855. The summed E-state index contributed by atoms with van der Waals surface area (Å²) in [7, 11) is 0. The summed E-state index contributed by atoms with van der Waals surface area (Å²) >= 11 is 1.58. The van der Waals surface area contributed by atoms with Crippen molar-refractivity contribution in [3.63, 3.8) is 0 Å². The molecule has 1 heterocycles. The van der Waals surface area contributed by atoms with Gasteiger partial charge in [-0.2, -0.15) is 0 Å². The van der Waals surface area contributed by atoms with E-state index in [4.69, 9.17) is 4.74 Å². The molecule has 34 heavy (non-hydrogen) atoms. The van der Waals surface area contributed by atoms with Crippen molar-refractivity contribution in [3.05, 3.63) is 101 Å². The average Bonchev–Trinajstić information content (AvgIpc) is 3.29. The first-order valence-corrected chi connectivity index (χ1v) is 11.5. The number of phenolic OH excluding ortho intramolecular Hbond substituents is 1. The maximum atomic E-state index is 12.8. The Labute approximate surface area is 201 Å². The Hall–Kier alpha value is -4.17. The van der Waals surface area contributed by atoms with Crippen molar-refractivity contribution in [2.24, 2.45) is 0 Å². The van der Waals surface area contributed by atoms with Crippen molar-refractivity contribution >= 4 is 29.0 Å². The summed E-state index contributed by atoms with van der Waals surface area (Å²) in [5.41, 5.74) is 6.00. The molecule has 4 aromatic rings. The molecular weight excluding hydrogens is 450 g/mol. The highest BCUT2D eigenvalue weighted by molar-refractivity contribution is 7.13. The molecule has 3 aromatic carbocycles. The predicted molar refractivity (Wildman–Crippen MR) is 132 cm³/mol. The van der Waals surface area contributed by atoms with Crippen molar-refractivity contribution in [2.45, 2.75) is 20.1 Å². The van der Waals surface area contributed by atoms with E-state index in [1.165, 1.54) is 18.2 Å². The van der Waals surface area contributed by atoms with Crippen LogP contribution in [0.3, 0.4) is 0 Å². The molecule has 8 heteroatoms. The van der Waals surface area contributed by atoms with E-state index >= 15 is 0 Å². The highest BCUT2D eigenvalue weighted by atomic mass is 32.1. The molecule has 0 saturated carbocycles. The third-order valence-corrected chi connectivity index (χ3v) is 6.09. The topological polar surface area (TPSA) is 101 Å². The number of nitrogens with zero attached hydrogens (tertiary/aromatic N) is 1. The Morgan fingerprint density at radius 3 is 2.47 bits per heavy atom. The van der Waals surface area contributed by atoms with Crippen molar-refractivity contribution in [1.29, 1.82) is 0 Å². The fraction of sp³-hybridized carbons (Fsp3) is 0.115.